The molecule has 16 heavy (non-hydrogen) atoms. The molecule has 0 saturated heterocycles. The molecule has 4 heteroatoms. The van der Waals surface area contributed by atoms with E-state index in [0.717, 1.165) is 33.5 Å². The number of fused-ring (bicyclic) bond motifs is 1. The van der Waals surface area contributed by atoms with E-state index in [1.807, 2.05) is 13.0 Å². The Morgan fingerprint density at radius 2 is 2.00 bits per heavy atom. The maximum absolute atomic E-state index is 9.01. The van der Waals surface area contributed by atoms with Gasteiger partial charge in [0, 0.05) is 13.0 Å². The molecule has 0 aromatic heterocycles. The fourth-order valence-corrected chi connectivity index (χ4v) is 2.42. The van der Waals surface area contributed by atoms with Crippen molar-refractivity contribution in [1.82, 2.24) is 0 Å². The Hall–Kier alpha value is -0.740. The molecule has 1 aliphatic rings. The summed E-state index contributed by atoms with van der Waals surface area (Å²) in [6.07, 6.45) is 1.54. The second kappa shape index (κ2) is 5.06. The van der Waals surface area contributed by atoms with E-state index in [1.165, 1.54) is 0 Å². The minimum Gasteiger partial charge on any atom is -0.489 e. The van der Waals surface area contributed by atoms with Gasteiger partial charge in [0.25, 0.3) is 0 Å². The Morgan fingerprint density at radius 3 is 2.69 bits per heavy atom. The summed E-state index contributed by atoms with van der Waals surface area (Å²) in [5.74, 6) is 1.60. The molecular weight excluding hydrogens is 272 g/mol. The van der Waals surface area contributed by atoms with Gasteiger partial charge in [0.1, 0.15) is 0 Å². The molecule has 0 unspecified atom stereocenters. The van der Waals surface area contributed by atoms with E-state index in [4.69, 9.17) is 14.6 Å². The maximum atomic E-state index is 9.01. The Bertz CT molecular complexity index is 390. The molecule has 1 heterocycles. The molecule has 0 bridgehead atoms. The van der Waals surface area contributed by atoms with Crippen molar-refractivity contribution in [3.8, 4) is 11.5 Å². The van der Waals surface area contributed by atoms with Gasteiger partial charge in [-0.15, -0.1) is 0 Å². The summed E-state index contributed by atoms with van der Waals surface area (Å²) in [7, 11) is 0. The van der Waals surface area contributed by atoms with E-state index in [9.17, 15) is 0 Å². The zero-order valence-electron chi connectivity index (χ0n) is 9.25. The summed E-state index contributed by atoms with van der Waals surface area (Å²) < 4.78 is 12.3. The lowest BCUT2D eigenvalue weighted by molar-refractivity contribution is 0.295. The molecule has 1 aliphatic heterocycles. The zero-order valence-corrected chi connectivity index (χ0v) is 10.8. The highest BCUT2D eigenvalue weighted by molar-refractivity contribution is 9.10. The van der Waals surface area contributed by atoms with E-state index < -0.39 is 0 Å². The van der Waals surface area contributed by atoms with Gasteiger partial charge in [-0.3, -0.25) is 0 Å². The maximum Gasteiger partial charge on any atom is 0.175 e. The van der Waals surface area contributed by atoms with Crippen molar-refractivity contribution in [2.75, 3.05) is 19.8 Å². The zero-order chi connectivity index (χ0) is 11.5. The lowest BCUT2D eigenvalue weighted by Gasteiger charge is -2.15. The smallest absolute Gasteiger partial charge is 0.175 e. The number of rotatable bonds is 2. The number of halogens is 1. The molecule has 0 fully saturated rings. The molecule has 1 aromatic rings. The van der Waals surface area contributed by atoms with Gasteiger partial charge in [-0.05, 0) is 46.5 Å². The van der Waals surface area contributed by atoms with Crippen molar-refractivity contribution in [3.63, 3.8) is 0 Å². The first-order valence-corrected chi connectivity index (χ1v) is 6.21. The Kier molecular flexibility index (Phi) is 3.71. The van der Waals surface area contributed by atoms with Crippen molar-refractivity contribution in [3.05, 3.63) is 21.7 Å². The van der Waals surface area contributed by atoms with Crippen LogP contribution < -0.4 is 9.47 Å². The summed E-state index contributed by atoms with van der Waals surface area (Å²) in [5, 5.41) is 9.01. The van der Waals surface area contributed by atoms with Crippen LogP contribution in [-0.4, -0.2) is 24.9 Å². The highest BCUT2D eigenvalue weighted by Gasteiger charge is 2.18. The normalized spacial score (nSPS) is 14.7. The highest BCUT2D eigenvalue weighted by Crippen LogP contribution is 2.41. The van der Waals surface area contributed by atoms with Gasteiger partial charge < -0.3 is 14.6 Å². The molecule has 1 N–H and O–H groups in total. The number of hydrogen-bond donors (Lipinski definition) is 1. The lowest BCUT2D eigenvalue weighted by Crippen LogP contribution is -2.00. The molecule has 0 amide bonds. The largest absolute Gasteiger partial charge is 0.489 e. The SMILES string of the molecule is Cc1c(CCO)cc(Br)c2c1OCCCO2. The molecule has 0 radical (unpaired) electrons. The Labute approximate surface area is 104 Å². The first-order valence-electron chi connectivity index (χ1n) is 5.42. The third-order valence-corrected chi connectivity index (χ3v) is 3.30. The highest BCUT2D eigenvalue weighted by atomic mass is 79.9. The van der Waals surface area contributed by atoms with E-state index in [2.05, 4.69) is 15.9 Å². The van der Waals surface area contributed by atoms with E-state index in [-0.39, 0.29) is 6.61 Å². The predicted molar refractivity (Wildman–Crippen MR) is 65.3 cm³/mol. The minimum absolute atomic E-state index is 0.146. The van der Waals surface area contributed by atoms with Crippen molar-refractivity contribution in [2.45, 2.75) is 19.8 Å². The second-order valence-electron chi connectivity index (χ2n) is 3.82. The van der Waals surface area contributed by atoms with Crippen LogP contribution in [0.1, 0.15) is 17.5 Å². The molecule has 0 spiro atoms. The summed E-state index contributed by atoms with van der Waals surface area (Å²) in [4.78, 5) is 0. The van der Waals surface area contributed by atoms with Crippen LogP contribution in [-0.2, 0) is 6.42 Å². The van der Waals surface area contributed by atoms with Crippen LogP contribution in [0.5, 0.6) is 11.5 Å². The topological polar surface area (TPSA) is 38.7 Å². The Morgan fingerprint density at radius 1 is 1.31 bits per heavy atom. The average Bonchev–Trinajstić information content (AvgIpc) is 2.51. The molecule has 0 aliphatic carbocycles. The van der Waals surface area contributed by atoms with Crippen molar-refractivity contribution < 1.29 is 14.6 Å². The van der Waals surface area contributed by atoms with Crippen LogP contribution in [0.4, 0.5) is 0 Å². The van der Waals surface area contributed by atoms with E-state index >= 15 is 0 Å². The van der Waals surface area contributed by atoms with Crippen LogP contribution >= 0.6 is 15.9 Å². The summed E-state index contributed by atoms with van der Waals surface area (Å²) in [5.41, 5.74) is 2.16. The Balaban J connectivity index is 2.47. The first-order chi connectivity index (χ1) is 7.74. The molecule has 1 aromatic carbocycles. The number of ether oxygens (including phenoxy) is 2. The van der Waals surface area contributed by atoms with Crippen molar-refractivity contribution >= 4 is 15.9 Å². The van der Waals surface area contributed by atoms with Gasteiger partial charge >= 0.3 is 0 Å². The van der Waals surface area contributed by atoms with Gasteiger partial charge in [-0.2, -0.15) is 0 Å². The average molecular weight is 287 g/mol. The number of aliphatic hydroxyl groups excluding tert-OH is 1. The quantitative estimate of drug-likeness (QED) is 0.908. The third kappa shape index (κ3) is 2.18. The molecule has 0 saturated carbocycles. The lowest BCUT2D eigenvalue weighted by atomic mass is 10.0. The summed E-state index contributed by atoms with van der Waals surface area (Å²) >= 11 is 3.49. The number of hydrogen-bond acceptors (Lipinski definition) is 3. The number of aliphatic hydroxyl groups is 1. The minimum atomic E-state index is 0.146. The van der Waals surface area contributed by atoms with Crippen LogP contribution in [0.25, 0.3) is 0 Å². The third-order valence-electron chi connectivity index (χ3n) is 2.71. The van der Waals surface area contributed by atoms with Gasteiger partial charge in [0.2, 0.25) is 0 Å². The fourth-order valence-electron chi connectivity index (χ4n) is 1.85. The van der Waals surface area contributed by atoms with Crippen LogP contribution in [0, 0.1) is 6.92 Å². The molecular formula is C12H15BrO3. The van der Waals surface area contributed by atoms with Gasteiger partial charge in [-0.25, -0.2) is 0 Å². The summed E-state index contributed by atoms with van der Waals surface area (Å²) in [6.45, 7) is 3.52. The molecule has 2 rings (SSSR count). The molecule has 3 nitrogen and oxygen atoms in total. The monoisotopic (exact) mass is 286 g/mol. The van der Waals surface area contributed by atoms with Crippen molar-refractivity contribution in [2.24, 2.45) is 0 Å². The second-order valence-corrected chi connectivity index (χ2v) is 4.68. The molecule has 88 valence electrons. The van der Waals surface area contributed by atoms with Crippen LogP contribution in [0.15, 0.2) is 10.5 Å². The fraction of sp³-hybridized carbons (Fsp3) is 0.500. The number of benzene rings is 1. The van der Waals surface area contributed by atoms with Crippen LogP contribution in [0.3, 0.4) is 0 Å². The van der Waals surface area contributed by atoms with Crippen molar-refractivity contribution in [1.29, 1.82) is 0 Å². The molecule has 0 atom stereocenters. The van der Waals surface area contributed by atoms with Gasteiger partial charge in [-0.1, -0.05) is 0 Å². The van der Waals surface area contributed by atoms with Gasteiger partial charge in [0.15, 0.2) is 11.5 Å². The predicted octanol–water partition coefficient (Wildman–Crippen LogP) is 2.45. The van der Waals surface area contributed by atoms with E-state index in [1.54, 1.807) is 0 Å². The first kappa shape index (κ1) is 11.7. The standard InChI is InChI=1S/C12H15BrO3/c1-8-9(3-4-14)7-10(13)12-11(8)15-5-2-6-16-12/h7,14H,2-6H2,1H3. The van der Waals surface area contributed by atoms with E-state index in [0.29, 0.717) is 19.6 Å². The summed E-state index contributed by atoms with van der Waals surface area (Å²) in [6, 6.07) is 2.00. The van der Waals surface area contributed by atoms with Gasteiger partial charge in [0.05, 0.1) is 17.7 Å². The van der Waals surface area contributed by atoms with Crippen LogP contribution in [0.2, 0.25) is 0 Å².